The highest BCUT2D eigenvalue weighted by Gasteiger charge is 2.08. The van der Waals surface area contributed by atoms with Gasteiger partial charge in [-0.05, 0) is 37.1 Å². The molecule has 2 heterocycles. The fraction of sp³-hybridized carbons (Fsp3) is 0.278. The number of aromatic amines is 1. The average molecular weight is 466 g/mol. The van der Waals surface area contributed by atoms with Gasteiger partial charge in [0.15, 0.2) is 11.7 Å². The highest BCUT2D eigenvalue weighted by molar-refractivity contribution is 14.0. The van der Waals surface area contributed by atoms with E-state index in [1.165, 1.54) is 16.7 Å². The van der Waals surface area contributed by atoms with Gasteiger partial charge in [0.05, 0.1) is 12.8 Å². The third-order valence-corrected chi connectivity index (χ3v) is 3.86. The molecule has 0 atom stereocenters. The lowest BCUT2D eigenvalue weighted by molar-refractivity contribution is 0.577. The number of hydrogen-bond acceptors (Lipinski definition) is 4. The van der Waals surface area contributed by atoms with Crippen LogP contribution in [0.1, 0.15) is 22.5 Å². The number of furan rings is 1. The molecular formula is C18H23IN6O. The van der Waals surface area contributed by atoms with Gasteiger partial charge in [0, 0.05) is 13.6 Å². The van der Waals surface area contributed by atoms with Crippen molar-refractivity contribution in [3.63, 3.8) is 0 Å². The quantitative estimate of drug-likeness (QED) is 0.305. The number of nitrogens with one attached hydrogen (secondary N) is 3. The fourth-order valence-electron chi connectivity index (χ4n) is 2.50. The Bertz CT molecular complexity index is 856. The van der Waals surface area contributed by atoms with Gasteiger partial charge in [0.1, 0.15) is 5.82 Å². The highest BCUT2D eigenvalue weighted by Crippen LogP contribution is 2.14. The van der Waals surface area contributed by atoms with Crippen LogP contribution in [0.3, 0.4) is 0 Å². The van der Waals surface area contributed by atoms with Crippen molar-refractivity contribution >= 4 is 29.9 Å². The van der Waals surface area contributed by atoms with Gasteiger partial charge in [-0.3, -0.25) is 10.1 Å². The summed E-state index contributed by atoms with van der Waals surface area (Å²) in [4.78, 5) is 8.63. The zero-order valence-electron chi connectivity index (χ0n) is 15.0. The lowest BCUT2D eigenvalue weighted by Gasteiger charge is -2.12. The van der Waals surface area contributed by atoms with E-state index in [0.717, 1.165) is 0 Å². The minimum Gasteiger partial charge on any atom is -0.461 e. The topological polar surface area (TPSA) is 91.1 Å². The molecule has 0 fully saturated rings. The molecule has 0 radical (unpaired) electrons. The molecule has 0 saturated carbocycles. The molecule has 0 unspecified atom stereocenters. The van der Waals surface area contributed by atoms with Crippen molar-refractivity contribution in [2.24, 2.45) is 4.99 Å². The van der Waals surface area contributed by atoms with Crippen molar-refractivity contribution < 1.29 is 4.42 Å². The lowest BCUT2D eigenvalue weighted by atomic mass is 10.1. The Morgan fingerprint density at radius 3 is 2.69 bits per heavy atom. The molecule has 7 nitrogen and oxygen atoms in total. The smallest absolute Gasteiger partial charge is 0.216 e. The predicted octanol–water partition coefficient (Wildman–Crippen LogP) is 3.16. The van der Waals surface area contributed by atoms with E-state index < -0.39 is 0 Å². The molecule has 3 N–H and O–H groups in total. The van der Waals surface area contributed by atoms with E-state index in [9.17, 15) is 0 Å². The minimum atomic E-state index is 0. The first kappa shape index (κ1) is 20.0. The molecule has 3 aromatic rings. The molecule has 0 saturated heterocycles. The molecule has 0 spiro atoms. The molecule has 8 heteroatoms. The second-order valence-corrected chi connectivity index (χ2v) is 5.79. The average Bonchev–Trinajstić information content (AvgIpc) is 3.27. The van der Waals surface area contributed by atoms with E-state index in [2.05, 4.69) is 62.9 Å². The molecule has 0 aliphatic rings. The van der Waals surface area contributed by atoms with Crippen LogP contribution in [0.25, 0.3) is 11.6 Å². The van der Waals surface area contributed by atoms with Crippen LogP contribution in [0, 0.1) is 13.8 Å². The summed E-state index contributed by atoms with van der Waals surface area (Å²) in [5.74, 6) is 2.59. The summed E-state index contributed by atoms with van der Waals surface area (Å²) in [6, 6.07) is 10.1. The van der Waals surface area contributed by atoms with Gasteiger partial charge in [0.2, 0.25) is 5.82 Å². The maximum Gasteiger partial charge on any atom is 0.216 e. The number of halogens is 1. The van der Waals surface area contributed by atoms with E-state index in [1.54, 1.807) is 13.3 Å². The van der Waals surface area contributed by atoms with Crippen molar-refractivity contribution in [3.05, 3.63) is 59.1 Å². The van der Waals surface area contributed by atoms with Crippen molar-refractivity contribution in [1.82, 2.24) is 25.8 Å². The first-order chi connectivity index (χ1) is 12.2. The standard InChI is InChI=1S/C18H22N6O.HI/c1-12-6-7-14(13(2)9-12)10-20-18(19-3)21-11-16-22-17(24-23-16)15-5-4-8-25-15;/h4-9H,10-11H2,1-3H3,(H2,19,20,21)(H,22,23,24);1H. The number of rotatable bonds is 5. The molecule has 138 valence electrons. The zero-order valence-corrected chi connectivity index (χ0v) is 17.4. The third-order valence-electron chi connectivity index (χ3n) is 3.86. The largest absolute Gasteiger partial charge is 0.461 e. The van der Waals surface area contributed by atoms with Gasteiger partial charge in [-0.2, -0.15) is 0 Å². The molecule has 0 amide bonds. The Kier molecular flexibility index (Phi) is 7.19. The van der Waals surface area contributed by atoms with E-state index in [-0.39, 0.29) is 24.0 Å². The zero-order chi connectivity index (χ0) is 17.6. The van der Waals surface area contributed by atoms with Crippen LogP contribution in [-0.4, -0.2) is 28.2 Å². The Labute approximate surface area is 169 Å². The van der Waals surface area contributed by atoms with Gasteiger partial charge in [-0.15, -0.1) is 29.1 Å². The molecule has 0 aliphatic carbocycles. The van der Waals surface area contributed by atoms with E-state index in [4.69, 9.17) is 4.42 Å². The normalized spacial score (nSPS) is 11.1. The van der Waals surface area contributed by atoms with E-state index in [0.29, 0.717) is 36.5 Å². The first-order valence-corrected chi connectivity index (χ1v) is 8.11. The number of benzene rings is 1. The van der Waals surface area contributed by atoms with Crippen LogP contribution in [0.5, 0.6) is 0 Å². The number of aromatic nitrogens is 3. The first-order valence-electron chi connectivity index (χ1n) is 8.11. The van der Waals surface area contributed by atoms with Gasteiger partial charge < -0.3 is 15.1 Å². The Morgan fingerprint density at radius 1 is 1.19 bits per heavy atom. The molecule has 0 bridgehead atoms. The summed E-state index contributed by atoms with van der Waals surface area (Å²) in [5, 5.41) is 13.6. The summed E-state index contributed by atoms with van der Waals surface area (Å²) >= 11 is 0. The fourth-order valence-corrected chi connectivity index (χ4v) is 2.50. The third kappa shape index (κ3) is 5.07. The van der Waals surface area contributed by atoms with Crippen LogP contribution in [0.2, 0.25) is 0 Å². The Balaban J connectivity index is 0.00000243. The second-order valence-electron chi connectivity index (χ2n) is 5.79. The number of aryl methyl sites for hydroxylation is 2. The summed E-state index contributed by atoms with van der Waals surface area (Å²) in [6.45, 7) is 5.41. The van der Waals surface area contributed by atoms with E-state index >= 15 is 0 Å². The SMILES string of the molecule is CN=C(NCc1nc(-c2ccco2)n[nH]1)NCc1ccc(C)cc1C.I. The number of H-pyrrole nitrogens is 1. The monoisotopic (exact) mass is 466 g/mol. The molecular weight excluding hydrogens is 443 g/mol. The number of hydrogen-bond donors (Lipinski definition) is 3. The second kappa shape index (κ2) is 9.37. The number of guanidine groups is 1. The van der Waals surface area contributed by atoms with Crippen LogP contribution >= 0.6 is 24.0 Å². The van der Waals surface area contributed by atoms with Crippen LogP contribution in [0.15, 0.2) is 46.0 Å². The highest BCUT2D eigenvalue weighted by atomic mass is 127. The van der Waals surface area contributed by atoms with Crippen molar-refractivity contribution in [3.8, 4) is 11.6 Å². The van der Waals surface area contributed by atoms with Crippen LogP contribution in [0.4, 0.5) is 0 Å². The van der Waals surface area contributed by atoms with Gasteiger partial charge >= 0.3 is 0 Å². The van der Waals surface area contributed by atoms with Crippen molar-refractivity contribution in [1.29, 1.82) is 0 Å². The summed E-state index contributed by atoms with van der Waals surface area (Å²) in [7, 11) is 1.74. The van der Waals surface area contributed by atoms with Gasteiger partial charge in [-0.1, -0.05) is 23.8 Å². The summed E-state index contributed by atoms with van der Waals surface area (Å²) in [6.07, 6.45) is 1.60. The maximum absolute atomic E-state index is 5.29. The van der Waals surface area contributed by atoms with Gasteiger partial charge in [-0.25, -0.2) is 4.98 Å². The van der Waals surface area contributed by atoms with Crippen molar-refractivity contribution in [2.45, 2.75) is 26.9 Å². The van der Waals surface area contributed by atoms with Gasteiger partial charge in [0.25, 0.3) is 0 Å². The maximum atomic E-state index is 5.29. The molecule has 26 heavy (non-hydrogen) atoms. The Morgan fingerprint density at radius 2 is 2.00 bits per heavy atom. The van der Waals surface area contributed by atoms with Crippen LogP contribution in [-0.2, 0) is 13.1 Å². The van der Waals surface area contributed by atoms with Crippen molar-refractivity contribution in [2.75, 3.05) is 7.05 Å². The molecule has 1 aromatic carbocycles. The van der Waals surface area contributed by atoms with Crippen LogP contribution < -0.4 is 10.6 Å². The molecule has 2 aromatic heterocycles. The van der Waals surface area contributed by atoms with E-state index in [1.807, 2.05) is 12.1 Å². The lowest BCUT2D eigenvalue weighted by Crippen LogP contribution is -2.36. The number of aliphatic imine (C=N–C) groups is 1. The number of nitrogens with zero attached hydrogens (tertiary/aromatic N) is 3. The molecule has 3 rings (SSSR count). The minimum absolute atomic E-state index is 0. The summed E-state index contributed by atoms with van der Waals surface area (Å²) < 4.78 is 5.29. The predicted molar refractivity (Wildman–Crippen MR) is 112 cm³/mol. The summed E-state index contributed by atoms with van der Waals surface area (Å²) in [5.41, 5.74) is 3.77. The molecule has 0 aliphatic heterocycles. The Hall–Kier alpha value is -2.36.